The molecule has 1 fully saturated rings. The quantitative estimate of drug-likeness (QED) is 0.524. The van der Waals surface area contributed by atoms with Crippen LogP contribution in [0.5, 0.6) is 0 Å². The molecule has 1 aliphatic rings. The number of benzene rings is 2. The normalized spacial score (nSPS) is 15.8. The van der Waals surface area contributed by atoms with Gasteiger partial charge in [-0.2, -0.15) is 0 Å². The minimum atomic E-state index is -0.391. The second-order valence-corrected chi connectivity index (χ2v) is 8.62. The first kappa shape index (κ1) is 22.0. The fourth-order valence-electron chi connectivity index (χ4n) is 4.53. The molecule has 2 heterocycles. The van der Waals surface area contributed by atoms with E-state index in [0.717, 1.165) is 44.6 Å². The van der Waals surface area contributed by atoms with E-state index in [9.17, 15) is 4.79 Å². The highest BCUT2D eigenvalue weighted by molar-refractivity contribution is 5.83. The number of pyridine rings is 1. The summed E-state index contributed by atoms with van der Waals surface area (Å²) >= 11 is 0. The molecule has 1 amide bonds. The summed E-state index contributed by atoms with van der Waals surface area (Å²) < 4.78 is 0. The molecular formula is C28H31N3O. The van der Waals surface area contributed by atoms with E-state index in [4.69, 9.17) is 0 Å². The molecule has 2 aromatic carbocycles. The molecule has 32 heavy (non-hydrogen) atoms. The number of carbonyl (C=O) groups is 1. The molecule has 3 aromatic rings. The first-order valence-electron chi connectivity index (χ1n) is 11.3. The molecule has 0 aliphatic carbocycles. The maximum Gasteiger partial charge on any atom is 0.226 e. The highest BCUT2D eigenvalue weighted by atomic mass is 16.2. The van der Waals surface area contributed by atoms with Gasteiger partial charge in [0.25, 0.3) is 0 Å². The highest BCUT2D eigenvalue weighted by Gasteiger charge is 2.41. The van der Waals surface area contributed by atoms with Crippen LogP contribution < -0.4 is 5.32 Å². The van der Waals surface area contributed by atoms with E-state index in [1.54, 1.807) is 6.08 Å². The summed E-state index contributed by atoms with van der Waals surface area (Å²) in [5.74, 6) is 0.141. The lowest BCUT2D eigenvalue weighted by Gasteiger charge is -2.40. The van der Waals surface area contributed by atoms with Gasteiger partial charge in [0.2, 0.25) is 5.91 Å². The van der Waals surface area contributed by atoms with Crippen molar-refractivity contribution in [2.24, 2.45) is 5.41 Å². The van der Waals surface area contributed by atoms with Crippen LogP contribution in [0.15, 0.2) is 91.6 Å². The molecule has 1 aliphatic heterocycles. The number of aromatic nitrogens is 1. The molecule has 0 atom stereocenters. The third-order valence-electron chi connectivity index (χ3n) is 6.42. The highest BCUT2D eigenvalue weighted by Crippen LogP contribution is 2.36. The van der Waals surface area contributed by atoms with Gasteiger partial charge in [-0.15, -0.1) is 6.58 Å². The van der Waals surface area contributed by atoms with Crippen molar-refractivity contribution in [1.82, 2.24) is 15.2 Å². The van der Waals surface area contributed by atoms with Crippen LogP contribution in [0.25, 0.3) is 11.1 Å². The molecule has 4 nitrogen and oxygen atoms in total. The number of hydrogen-bond donors (Lipinski definition) is 1. The van der Waals surface area contributed by atoms with Crippen molar-refractivity contribution in [3.05, 3.63) is 103 Å². The van der Waals surface area contributed by atoms with Crippen molar-refractivity contribution in [3.63, 3.8) is 0 Å². The Balaban J connectivity index is 1.47. The zero-order valence-electron chi connectivity index (χ0n) is 18.5. The smallest absolute Gasteiger partial charge is 0.226 e. The van der Waals surface area contributed by atoms with Crippen LogP contribution in [-0.2, 0) is 17.8 Å². The van der Waals surface area contributed by atoms with Gasteiger partial charge in [0.05, 0.1) is 11.1 Å². The van der Waals surface area contributed by atoms with Gasteiger partial charge in [0, 0.05) is 19.3 Å². The fraction of sp³-hybridized carbons (Fsp3) is 0.286. The number of piperidine rings is 1. The van der Waals surface area contributed by atoms with E-state index in [1.165, 1.54) is 16.7 Å². The van der Waals surface area contributed by atoms with Gasteiger partial charge in [-0.1, -0.05) is 66.7 Å². The van der Waals surface area contributed by atoms with Gasteiger partial charge < -0.3 is 5.32 Å². The van der Waals surface area contributed by atoms with Gasteiger partial charge in [-0.25, -0.2) is 0 Å². The molecule has 1 saturated heterocycles. The van der Waals surface area contributed by atoms with Crippen LogP contribution in [0, 0.1) is 5.41 Å². The third kappa shape index (κ3) is 5.32. The Morgan fingerprint density at radius 1 is 0.969 bits per heavy atom. The molecular weight excluding hydrogens is 394 g/mol. The standard InChI is InChI=1S/C28H31N3O/c1-2-17-30-27(32)28(15-19-31(20-16-28)22-26-10-6-7-18-29-26)21-23-11-13-25(14-12-23)24-8-4-3-5-9-24/h2-14,18H,1,15-17,19-22H2,(H,30,32). The van der Waals surface area contributed by atoms with E-state index in [2.05, 4.69) is 76.4 Å². The first-order valence-corrected chi connectivity index (χ1v) is 11.3. The lowest BCUT2D eigenvalue weighted by atomic mass is 9.72. The predicted octanol–water partition coefficient (Wildman–Crippen LogP) is 4.88. The van der Waals surface area contributed by atoms with Gasteiger partial charge in [-0.05, 0) is 61.2 Å². The molecule has 0 unspecified atom stereocenters. The minimum absolute atomic E-state index is 0.141. The Bertz CT molecular complexity index is 1010. The molecule has 4 heteroatoms. The summed E-state index contributed by atoms with van der Waals surface area (Å²) in [4.78, 5) is 20.1. The molecule has 0 saturated carbocycles. The maximum absolute atomic E-state index is 13.2. The number of hydrogen-bond acceptors (Lipinski definition) is 3. The van der Waals surface area contributed by atoms with Crippen LogP contribution >= 0.6 is 0 Å². The Kier molecular flexibility index (Phi) is 7.13. The summed E-state index contributed by atoms with van der Waals surface area (Å²) in [5, 5.41) is 3.08. The molecule has 1 aromatic heterocycles. The molecule has 4 rings (SSSR count). The van der Waals surface area contributed by atoms with Crippen molar-refractivity contribution in [2.45, 2.75) is 25.8 Å². The molecule has 164 valence electrons. The Hall–Kier alpha value is -3.24. The zero-order chi connectivity index (χ0) is 22.2. The average Bonchev–Trinajstić information content (AvgIpc) is 2.85. The summed E-state index contributed by atoms with van der Waals surface area (Å²) in [7, 11) is 0. The van der Waals surface area contributed by atoms with Gasteiger partial charge >= 0.3 is 0 Å². The Morgan fingerprint density at radius 2 is 1.66 bits per heavy atom. The first-order chi connectivity index (χ1) is 15.7. The van der Waals surface area contributed by atoms with Gasteiger partial charge in [0.1, 0.15) is 0 Å². The molecule has 0 spiro atoms. The van der Waals surface area contributed by atoms with Crippen LogP contribution in [0.1, 0.15) is 24.1 Å². The summed E-state index contributed by atoms with van der Waals surface area (Å²) in [6.45, 7) is 6.87. The number of amides is 1. The van der Waals surface area contributed by atoms with Gasteiger partial charge in [-0.3, -0.25) is 14.7 Å². The minimum Gasteiger partial charge on any atom is -0.352 e. The summed E-state index contributed by atoms with van der Waals surface area (Å²) in [5.41, 5.74) is 4.30. The summed E-state index contributed by atoms with van der Waals surface area (Å²) in [6.07, 6.45) is 6.01. The van der Waals surface area contributed by atoms with Crippen LogP contribution in [0.4, 0.5) is 0 Å². The van der Waals surface area contributed by atoms with E-state index < -0.39 is 5.41 Å². The van der Waals surface area contributed by atoms with Gasteiger partial charge in [0.15, 0.2) is 0 Å². The number of rotatable bonds is 8. The van der Waals surface area contributed by atoms with E-state index in [0.29, 0.717) is 6.54 Å². The summed E-state index contributed by atoms with van der Waals surface area (Å²) in [6, 6.07) is 25.1. The van der Waals surface area contributed by atoms with Crippen molar-refractivity contribution >= 4 is 5.91 Å². The van der Waals surface area contributed by atoms with Crippen molar-refractivity contribution in [3.8, 4) is 11.1 Å². The Morgan fingerprint density at radius 3 is 2.31 bits per heavy atom. The van der Waals surface area contributed by atoms with E-state index >= 15 is 0 Å². The molecule has 1 N–H and O–H groups in total. The number of nitrogens with one attached hydrogen (secondary N) is 1. The maximum atomic E-state index is 13.2. The fourth-order valence-corrected chi connectivity index (χ4v) is 4.53. The van der Waals surface area contributed by atoms with Crippen LogP contribution in [0.2, 0.25) is 0 Å². The molecule has 0 radical (unpaired) electrons. The third-order valence-corrected chi connectivity index (χ3v) is 6.42. The zero-order valence-corrected chi connectivity index (χ0v) is 18.5. The topological polar surface area (TPSA) is 45.2 Å². The Labute approximate surface area is 191 Å². The number of likely N-dealkylation sites (tertiary alicyclic amines) is 1. The number of nitrogens with zero attached hydrogens (tertiary/aromatic N) is 2. The second-order valence-electron chi connectivity index (χ2n) is 8.62. The lowest BCUT2D eigenvalue weighted by molar-refractivity contribution is -0.133. The van der Waals surface area contributed by atoms with Crippen molar-refractivity contribution in [2.75, 3.05) is 19.6 Å². The average molecular weight is 426 g/mol. The second kappa shape index (κ2) is 10.4. The lowest BCUT2D eigenvalue weighted by Crippen LogP contribution is -2.50. The largest absolute Gasteiger partial charge is 0.352 e. The number of carbonyl (C=O) groups excluding carboxylic acids is 1. The predicted molar refractivity (Wildman–Crippen MR) is 130 cm³/mol. The van der Waals surface area contributed by atoms with E-state index in [-0.39, 0.29) is 5.91 Å². The van der Waals surface area contributed by atoms with Crippen LogP contribution in [0.3, 0.4) is 0 Å². The SMILES string of the molecule is C=CCNC(=O)C1(Cc2ccc(-c3ccccc3)cc2)CCN(Cc2ccccn2)CC1. The van der Waals surface area contributed by atoms with E-state index in [1.807, 2.05) is 24.4 Å². The van der Waals surface area contributed by atoms with Crippen molar-refractivity contribution in [1.29, 1.82) is 0 Å². The monoisotopic (exact) mass is 425 g/mol. The van der Waals surface area contributed by atoms with Crippen molar-refractivity contribution < 1.29 is 4.79 Å². The molecule has 0 bridgehead atoms. The van der Waals surface area contributed by atoms with Crippen LogP contribution in [-0.4, -0.2) is 35.4 Å².